The Morgan fingerprint density at radius 3 is 2.50 bits per heavy atom. The van der Waals surface area contributed by atoms with E-state index in [1.807, 2.05) is 49.4 Å². The van der Waals surface area contributed by atoms with E-state index in [1.54, 1.807) is 43.5 Å². The number of fused-ring (bicyclic) bond motifs is 1. The van der Waals surface area contributed by atoms with Crippen LogP contribution < -0.4 is 10.9 Å². The molecule has 0 saturated heterocycles. The van der Waals surface area contributed by atoms with Crippen LogP contribution in [-0.4, -0.2) is 20.6 Å². The number of aromatic hydroxyl groups is 2. The van der Waals surface area contributed by atoms with E-state index in [1.165, 1.54) is 10.6 Å². The van der Waals surface area contributed by atoms with Crippen molar-refractivity contribution in [2.24, 2.45) is 7.05 Å². The van der Waals surface area contributed by atoms with Crippen LogP contribution in [0.1, 0.15) is 33.9 Å². The Labute approximate surface area is 197 Å². The second-order valence-corrected chi connectivity index (χ2v) is 8.24. The average molecular weight is 455 g/mol. The Balaban J connectivity index is 1.62. The van der Waals surface area contributed by atoms with Gasteiger partial charge in [0.25, 0.3) is 5.56 Å². The fraction of sp³-hybridized carbons (Fsp3) is 0.143. The highest BCUT2D eigenvalue weighted by atomic mass is 16.3. The van der Waals surface area contributed by atoms with Gasteiger partial charge in [-0.2, -0.15) is 0 Å². The van der Waals surface area contributed by atoms with Gasteiger partial charge in [0.1, 0.15) is 17.1 Å². The van der Waals surface area contributed by atoms with E-state index in [0.717, 1.165) is 11.1 Å². The molecular formula is C28H26N2O4. The first-order valence-corrected chi connectivity index (χ1v) is 11.0. The molecule has 0 amide bonds. The number of carbonyl (C=O) groups is 1. The molecule has 1 atom stereocenters. The summed E-state index contributed by atoms with van der Waals surface area (Å²) in [6.45, 7) is 1.94. The lowest BCUT2D eigenvalue weighted by atomic mass is 10.0. The number of anilines is 1. The molecule has 0 spiro atoms. The molecule has 1 aromatic heterocycles. The number of pyridine rings is 1. The maximum atomic E-state index is 12.9. The molecule has 172 valence electrons. The monoisotopic (exact) mass is 454 g/mol. The zero-order valence-corrected chi connectivity index (χ0v) is 19.0. The molecule has 3 aromatic carbocycles. The highest BCUT2D eigenvalue weighted by Crippen LogP contribution is 2.30. The van der Waals surface area contributed by atoms with E-state index in [0.29, 0.717) is 23.0 Å². The number of nitrogens with zero attached hydrogens (tertiary/aromatic N) is 1. The molecule has 6 nitrogen and oxygen atoms in total. The summed E-state index contributed by atoms with van der Waals surface area (Å²) in [7, 11) is 1.58. The first-order valence-electron chi connectivity index (χ1n) is 11.0. The second-order valence-electron chi connectivity index (χ2n) is 8.24. The molecule has 0 saturated carbocycles. The molecule has 0 radical (unpaired) electrons. The standard InChI is InChI=1S/C28H26N2O4/c1-18-15-16-24(31)22(17-18)29-21(19-9-4-3-5-10-19)12-8-14-25(32)26-27(33)20-11-6-7-13-23(20)30(2)28(26)34/h3-11,13-17,21,29,31,33H,12H2,1-2H3/t21-/m1/s1. The minimum atomic E-state index is -0.561. The molecule has 34 heavy (non-hydrogen) atoms. The van der Waals surface area contributed by atoms with Gasteiger partial charge in [-0.3, -0.25) is 9.59 Å². The van der Waals surface area contributed by atoms with Gasteiger partial charge in [-0.05, 0) is 54.8 Å². The van der Waals surface area contributed by atoms with Crippen LogP contribution in [0.4, 0.5) is 5.69 Å². The Morgan fingerprint density at radius 1 is 1.03 bits per heavy atom. The number of allylic oxidation sites excluding steroid dienone is 1. The van der Waals surface area contributed by atoms with Crippen molar-refractivity contribution in [1.29, 1.82) is 0 Å². The number of phenols is 1. The van der Waals surface area contributed by atoms with Crippen LogP contribution in [0.2, 0.25) is 0 Å². The number of benzene rings is 3. The van der Waals surface area contributed by atoms with Crippen molar-refractivity contribution in [3.8, 4) is 11.5 Å². The number of ketones is 1. The molecular weight excluding hydrogens is 428 g/mol. The van der Waals surface area contributed by atoms with E-state index in [4.69, 9.17) is 0 Å². The summed E-state index contributed by atoms with van der Waals surface area (Å²) in [5.41, 5.74) is 2.32. The number of nitrogens with one attached hydrogen (secondary N) is 1. The molecule has 4 aromatic rings. The molecule has 0 aliphatic rings. The van der Waals surface area contributed by atoms with Crippen LogP contribution in [0.15, 0.2) is 89.7 Å². The minimum absolute atomic E-state index is 0.135. The highest BCUT2D eigenvalue weighted by molar-refractivity contribution is 6.09. The summed E-state index contributed by atoms with van der Waals surface area (Å²) >= 11 is 0. The number of phenolic OH excluding ortho intramolecular Hbond substituents is 1. The lowest BCUT2D eigenvalue weighted by Gasteiger charge is -2.20. The Hall–Kier alpha value is -4.32. The summed E-state index contributed by atoms with van der Waals surface area (Å²) in [5, 5.41) is 24.7. The van der Waals surface area contributed by atoms with Crippen molar-refractivity contribution >= 4 is 22.4 Å². The second kappa shape index (κ2) is 9.67. The predicted octanol–water partition coefficient (Wildman–Crippen LogP) is 5.24. The van der Waals surface area contributed by atoms with E-state index in [9.17, 15) is 19.8 Å². The molecule has 6 heteroatoms. The van der Waals surface area contributed by atoms with Crippen LogP contribution in [0.3, 0.4) is 0 Å². The largest absolute Gasteiger partial charge is 0.506 e. The van der Waals surface area contributed by atoms with Gasteiger partial charge in [0.05, 0.1) is 17.2 Å². The number of aromatic nitrogens is 1. The molecule has 3 N–H and O–H groups in total. The van der Waals surface area contributed by atoms with Crippen molar-refractivity contribution in [3.05, 3.63) is 112 Å². The number of para-hydroxylation sites is 1. The maximum absolute atomic E-state index is 12.9. The SMILES string of the molecule is Cc1ccc(O)c(N[C@H](CC=CC(=O)c2c(O)c3ccccc3n(C)c2=O)c2ccccc2)c1. The minimum Gasteiger partial charge on any atom is -0.506 e. The predicted molar refractivity (Wildman–Crippen MR) is 135 cm³/mol. The Morgan fingerprint density at radius 2 is 1.74 bits per heavy atom. The third-order valence-electron chi connectivity index (χ3n) is 5.85. The number of rotatable bonds is 7. The van der Waals surface area contributed by atoms with E-state index in [2.05, 4.69) is 5.32 Å². The summed E-state index contributed by atoms with van der Waals surface area (Å²) in [5.74, 6) is -0.735. The van der Waals surface area contributed by atoms with Gasteiger partial charge < -0.3 is 20.1 Å². The molecule has 1 heterocycles. The zero-order valence-electron chi connectivity index (χ0n) is 19.0. The molecule has 0 bridgehead atoms. The van der Waals surface area contributed by atoms with Gasteiger partial charge in [-0.15, -0.1) is 0 Å². The molecule has 0 fully saturated rings. The third kappa shape index (κ3) is 4.57. The topological polar surface area (TPSA) is 91.6 Å². The van der Waals surface area contributed by atoms with E-state index < -0.39 is 11.3 Å². The van der Waals surface area contributed by atoms with E-state index in [-0.39, 0.29) is 23.1 Å². The van der Waals surface area contributed by atoms with Crippen molar-refractivity contribution in [2.75, 3.05) is 5.32 Å². The van der Waals surface area contributed by atoms with Crippen LogP contribution >= 0.6 is 0 Å². The zero-order chi connectivity index (χ0) is 24.2. The van der Waals surface area contributed by atoms with Crippen molar-refractivity contribution in [3.63, 3.8) is 0 Å². The summed E-state index contributed by atoms with van der Waals surface area (Å²) in [6, 6.07) is 21.7. The van der Waals surface area contributed by atoms with Crippen molar-refractivity contribution in [1.82, 2.24) is 4.57 Å². The van der Waals surface area contributed by atoms with Gasteiger partial charge in [0.15, 0.2) is 5.78 Å². The normalized spacial score (nSPS) is 12.2. The summed E-state index contributed by atoms with van der Waals surface area (Å²) in [4.78, 5) is 25.7. The Kier molecular flexibility index (Phi) is 6.50. The third-order valence-corrected chi connectivity index (χ3v) is 5.85. The number of carbonyl (C=O) groups excluding carboxylic acids is 1. The maximum Gasteiger partial charge on any atom is 0.265 e. The molecule has 0 aliphatic carbocycles. The summed E-state index contributed by atoms with van der Waals surface area (Å²) < 4.78 is 1.37. The molecule has 0 unspecified atom stereocenters. The fourth-order valence-corrected chi connectivity index (χ4v) is 4.01. The van der Waals surface area contributed by atoms with Gasteiger partial charge in [-0.1, -0.05) is 54.6 Å². The van der Waals surface area contributed by atoms with E-state index >= 15 is 0 Å². The van der Waals surface area contributed by atoms with Crippen LogP contribution in [0.25, 0.3) is 10.9 Å². The highest BCUT2D eigenvalue weighted by Gasteiger charge is 2.19. The number of hydrogen-bond donors (Lipinski definition) is 3. The molecule has 0 aliphatic heterocycles. The van der Waals surface area contributed by atoms with Crippen molar-refractivity contribution in [2.45, 2.75) is 19.4 Å². The lowest BCUT2D eigenvalue weighted by molar-refractivity contribution is 0.104. The van der Waals surface area contributed by atoms with Crippen LogP contribution in [0, 0.1) is 6.92 Å². The van der Waals surface area contributed by atoms with Gasteiger partial charge in [0.2, 0.25) is 0 Å². The van der Waals surface area contributed by atoms with Gasteiger partial charge >= 0.3 is 0 Å². The first-order chi connectivity index (χ1) is 16.4. The smallest absolute Gasteiger partial charge is 0.265 e. The van der Waals surface area contributed by atoms with Crippen molar-refractivity contribution < 1.29 is 15.0 Å². The first kappa shape index (κ1) is 22.9. The lowest BCUT2D eigenvalue weighted by Crippen LogP contribution is -2.24. The van der Waals surface area contributed by atoms with Crippen LogP contribution in [0.5, 0.6) is 11.5 Å². The molecule has 4 rings (SSSR count). The Bertz CT molecular complexity index is 1440. The van der Waals surface area contributed by atoms with Gasteiger partial charge in [-0.25, -0.2) is 0 Å². The number of aryl methyl sites for hydroxylation is 2. The summed E-state index contributed by atoms with van der Waals surface area (Å²) in [6.07, 6.45) is 3.41. The van der Waals surface area contributed by atoms with Gasteiger partial charge in [0, 0.05) is 12.4 Å². The fourth-order valence-electron chi connectivity index (χ4n) is 4.01. The average Bonchev–Trinajstić information content (AvgIpc) is 2.85. The number of hydrogen-bond acceptors (Lipinski definition) is 5. The van der Waals surface area contributed by atoms with Crippen LogP contribution in [-0.2, 0) is 7.05 Å². The quantitative estimate of drug-likeness (QED) is 0.202.